The van der Waals surface area contributed by atoms with Crippen LogP contribution in [0.1, 0.15) is 43.6 Å². The second-order valence-corrected chi connectivity index (χ2v) is 10.2. The van der Waals surface area contributed by atoms with E-state index in [1.54, 1.807) is 27.0 Å². The van der Waals surface area contributed by atoms with Crippen LogP contribution >= 0.6 is 0 Å². The number of hydrogen-bond donors (Lipinski definition) is 1. The first kappa shape index (κ1) is 19.4. The number of rotatable bonds is 4. The topological polar surface area (TPSA) is 88.6 Å². The zero-order chi connectivity index (χ0) is 19.1. The van der Waals surface area contributed by atoms with Crippen LogP contribution in [0.2, 0.25) is 0 Å². The van der Waals surface area contributed by atoms with Crippen LogP contribution in [-0.4, -0.2) is 60.8 Å². The third-order valence-corrected chi connectivity index (χ3v) is 7.62. The minimum atomic E-state index is -3.56. The van der Waals surface area contributed by atoms with E-state index in [-0.39, 0.29) is 16.2 Å². The largest absolute Gasteiger partial charge is 0.345 e. The molecule has 7 nitrogen and oxygen atoms in total. The van der Waals surface area contributed by atoms with Gasteiger partial charge in [-0.2, -0.15) is 4.31 Å². The molecule has 2 unspecified atom stereocenters. The molecule has 1 amide bonds. The minimum Gasteiger partial charge on any atom is -0.345 e. The van der Waals surface area contributed by atoms with E-state index in [2.05, 4.69) is 13.8 Å². The molecule has 1 aromatic rings. The lowest BCUT2D eigenvalue weighted by molar-refractivity contribution is 0.0767. The van der Waals surface area contributed by atoms with Crippen LogP contribution in [0.4, 0.5) is 0 Å². The maximum atomic E-state index is 13.0. The molecule has 0 aliphatic carbocycles. The lowest BCUT2D eigenvalue weighted by Gasteiger charge is -2.29. The first-order valence-electron chi connectivity index (χ1n) is 9.32. The third kappa shape index (κ3) is 3.54. The van der Waals surface area contributed by atoms with E-state index in [0.29, 0.717) is 44.3 Å². The van der Waals surface area contributed by atoms with Gasteiger partial charge in [-0.15, -0.1) is 0 Å². The van der Waals surface area contributed by atoms with Gasteiger partial charge in [0.2, 0.25) is 10.0 Å². The normalized spacial score (nSPS) is 27.8. The highest BCUT2D eigenvalue weighted by molar-refractivity contribution is 7.89. The molecular weight excluding hydrogens is 352 g/mol. The van der Waals surface area contributed by atoms with E-state index in [1.807, 2.05) is 0 Å². The summed E-state index contributed by atoms with van der Waals surface area (Å²) in [5.74, 6) is 0.236. The third-order valence-electron chi connectivity index (χ3n) is 5.79. The van der Waals surface area contributed by atoms with Gasteiger partial charge in [-0.25, -0.2) is 8.42 Å². The Morgan fingerprint density at radius 1 is 1.38 bits per heavy atom. The summed E-state index contributed by atoms with van der Waals surface area (Å²) in [6.45, 7) is 7.05. The number of hydrogen-bond acceptors (Lipinski definition) is 4. The van der Waals surface area contributed by atoms with Gasteiger partial charge < -0.3 is 15.2 Å². The highest BCUT2D eigenvalue weighted by atomic mass is 32.2. The molecule has 3 rings (SSSR count). The first-order valence-corrected chi connectivity index (χ1v) is 10.8. The lowest BCUT2D eigenvalue weighted by Crippen LogP contribution is -2.38. The number of nitrogens with zero attached hydrogens (tertiary/aromatic N) is 3. The van der Waals surface area contributed by atoms with E-state index < -0.39 is 10.0 Å². The summed E-state index contributed by atoms with van der Waals surface area (Å²) in [4.78, 5) is 14.9. The van der Waals surface area contributed by atoms with Crippen molar-refractivity contribution in [2.45, 2.75) is 38.0 Å². The van der Waals surface area contributed by atoms with Crippen molar-refractivity contribution in [1.82, 2.24) is 13.8 Å². The average Bonchev–Trinajstić information content (AvgIpc) is 3.19. The quantitative estimate of drug-likeness (QED) is 0.849. The summed E-state index contributed by atoms with van der Waals surface area (Å²) in [5, 5.41) is 0. The van der Waals surface area contributed by atoms with E-state index in [1.165, 1.54) is 6.07 Å². The number of sulfonamides is 1. The summed E-state index contributed by atoms with van der Waals surface area (Å²) < 4.78 is 29.1. The molecule has 2 aliphatic heterocycles. The Bertz CT molecular complexity index is 788. The van der Waals surface area contributed by atoms with Crippen molar-refractivity contribution < 1.29 is 13.2 Å². The van der Waals surface area contributed by atoms with Crippen molar-refractivity contribution in [1.29, 1.82) is 0 Å². The average molecular weight is 383 g/mol. The number of likely N-dealkylation sites (tertiary alicyclic amines) is 1. The fourth-order valence-electron chi connectivity index (χ4n) is 3.93. The van der Waals surface area contributed by atoms with Crippen LogP contribution in [0.15, 0.2) is 17.2 Å². The molecule has 2 saturated heterocycles. The minimum absolute atomic E-state index is 0.0559. The highest BCUT2D eigenvalue weighted by Crippen LogP contribution is 2.30. The Morgan fingerprint density at radius 2 is 2.12 bits per heavy atom. The van der Waals surface area contributed by atoms with Gasteiger partial charge in [-0.05, 0) is 43.2 Å². The van der Waals surface area contributed by atoms with E-state index in [0.717, 1.165) is 19.3 Å². The van der Waals surface area contributed by atoms with Crippen molar-refractivity contribution in [3.63, 3.8) is 0 Å². The van der Waals surface area contributed by atoms with E-state index in [9.17, 15) is 13.2 Å². The number of carbonyl (C=O) groups is 1. The Morgan fingerprint density at radius 3 is 2.73 bits per heavy atom. The number of piperidine rings is 1. The predicted octanol–water partition coefficient (Wildman–Crippen LogP) is 1.26. The standard InChI is InChI=1S/C18H30N4O3S/c1-14-5-4-7-22(10-14)26(24,25)15-9-16(20(3)11-15)17(23)21-8-6-18(2,12-19)13-21/h9,11,14H,4-8,10,12-13,19H2,1-3H3. The van der Waals surface area contributed by atoms with Gasteiger partial charge in [-0.3, -0.25) is 4.79 Å². The van der Waals surface area contributed by atoms with Crippen molar-refractivity contribution in [3.05, 3.63) is 18.0 Å². The van der Waals surface area contributed by atoms with Gasteiger partial charge in [0.1, 0.15) is 10.6 Å². The molecule has 2 aliphatic rings. The Labute approximate surface area is 156 Å². The fourth-order valence-corrected chi connectivity index (χ4v) is 5.60. The van der Waals surface area contributed by atoms with E-state index >= 15 is 0 Å². The van der Waals surface area contributed by atoms with Gasteiger partial charge in [0.25, 0.3) is 5.91 Å². The predicted molar refractivity (Wildman–Crippen MR) is 100 cm³/mol. The second kappa shape index (κ2) is 6.98. The maximum Gasteiger partial charge on any atom is 0.270 e. The van der Waals surface area contributed by atoms with Crippen molar-refractivity contribution in [3.8, 4) is 0 Å². The van der Waals surface area contributed by atoms with Crippen LogP contribution in [0.3, 0.4) is 0 Å². The monoisotopic (exact) mass is 382 g/mol. The molecule has 0 saturated carbocycles. The van der Waals surface area contributed by atoms with Crippen LogP contribution < -0.4 is 5.73 Å². The Hall–Kier alpha value is -1.38. The van der Waals surface area contributed by atoms with Gasteiger partial charge in [0.05, 0.1) is 0 Å². The van der Waals surface area contributed by atoms with Gasteiger partial charge in [-0.1, -0.05) is 13.8 Å². The Kier molecular flexibility index (Phi) is 5.20. The summed E-state index contributed by atoms with van der Waals surface area (Å²) in [5.41, 5.74) is 6.18. The summed E-state index contributed by atoms with van der Waals surface area (Å²) in [7, 11) is -1.83. The molecule has 1 aromatic heterocycles. The molecule has 0 bridgehead atoms. The molecular formula is C18H30N4O3S. The van der Waals surface area contributed by atoms with Crippen LogP contribution in [0.5, 0.6) is 0 Å². The molecule has 2 N–H and O–H groups in total. The molecule has 3 heterocycles. The summed E-state index contributed by atoms with van der Waals surface area (Å²) >= 11 is 0. The number of carbonyl (C=O) groups excluding carboxylic acids is 1. The first-order chi connectivity index (χ1) is 12.2. The molecule has 146 valence electrons. The molecule has 0 aromatic carbocycles. The zero-order valence-corrected chi connectivity index (χ0v) is 16.8. The van der Waals surface area contributed by atoms with Crippen molar-refractivity contribution >= 4 is 15.9 Å². The summed E-state index contributed by atoms with van der Waals surface area (Å²) in [6, 6.07) is 1.52. The van der Waals surface area contributed by atoms with Gasteiger partial charge >= 0.3 is 0 Å². The van der Waals surface area contributed by atoms with Gasteiger partial charge in [0.15, 0.2) is 0 Å². The van der Waals surface area contributed by atoms with Crippen LogP contribution in [0.25, 0.3) is 0 Å². The van der Waals surface area contributed by atoms with Crippen LogP contribution in [-0.2, 0) is 17.1 Å². The molecule has 2 atom stereocenters. The SMILES string of the molecule is CC1CCCN(S(=O)(=O)c2cc(C(=O)N3CCC(C)(CN)C3)n(C)c2)C1. The molecule has 8 heteroatoms. The van der Waals surface area contributed by atoms with Crippen LogP contribution in [0, 0.1) is 11.3 Å². The lowest BCUT2D eigenvalue weighted by atomic mass is 9.90. The van der Waals surface area contributed by atoms with Gasteiger partial charge in [0, 0.05) is 39.4 Å². The van der Waals surface area contributed by atoms with E-state index in [4.69, 9.17) is 5.73 Å². The number of aryl methyl sites for hydroxylation is 1. The Balaban J connectivity index is 1.82. The van der Waals surface area contributed by atoms with Crippen molar-refractivity contribution in [2.24, 2.45) is 24.1 Å². The molecule has 0 radical (unpaired) electrons. The number of amides is 1. The molecule has 26 heavy (non-hydrogen) atoms. The zero-order valence-electron chi connectivity index (χ0n) is 15.9. The number of aromatic nitrogens is 1. The summed E-state index contributed by atoms with van der Waals surface area (Å²) in [6.07, 6.45) is 4.36. The molecule has 0 spiro atoms. The maximum absolute atomic E-state index is 13.0. The smallest absolute Gasteiger partial charge is 0.270 e. The fraction of sp³-hybridized carbons (Fsp3) is 0.722. The highest BCUT2D eigenvalue weighted by Gasteiger charge is 2.37. The second-order valence-electron chi connectivity index (χ2n) is 8.27. The van der Waals surface area contributed by atoms with Crippen molar-refractivity contribution in [2.75, 3.05) is 32.7 Å². The number of nitrogens with two attached hydrogens (primary N) is 1. The molecule has 2 fully saturated rings.